The van der Waals surface area contributed by atoms with E-state index in [0.717, 1.165) is 43.7 Å². The van der Waals surface area contributed by atoms with Crippen LogP contribution in [-0.2, 0) is 19.1 Å². The highest BCUT2D eigenvalue weighted by molar-refractivity contribution is 8.76. The molecular weight excluding hydrogens is 709 g/mol. The summed E-state index contributed by atoms with van der Waals surface area (Å²) in [5.74, 6) is 1.58. The van der Waals surface area contributed by atoms with Gasteiger partial charge in [-0.2, -0.15) is 0 Å². The summed E-state index contributed by atoms with van der Waals surface area (Å²) >= 11 is 0. The lowest BCUT2D eigenvalue weighted by molar-refractivity contribution is -0.144. The molecule has 0 unspecified atom stereocenters. The SMILES string of the molecule is CCCCCCCC/C=C\CCCCCCCCOC(=O)CCN(CCSSCCN)CCC(=O)OCCCCCCCC/C=C\CCCCCCCC. The molecule has 2 N–H and O–H groups in total. The topological polar surface area (TPSA) is 81.9 Å². The van der Waals surface area contributed by atoms with Gasteiger partial charge >= 0.3 is 11.9 Å². The van der Waals surface area contributed by atoms with Crippen molar-refractivity contribution in [3.8, 4) is 0 Å². The highest BCUT2D eigenvalue weighted by Gasteiger charge is 2.13. The molecule has 0 aliphatic heterocycles. The molecule has 0 amide bonds. The van der Waals surface area contributed by atoms with Gasteiger partial charge in [0.25, 0.3) is 0 Å². The monoisotopic (exact) mass is 797 g/mol. The summed E-state index contributed by atoms with van der Waals surface area (Å²) in [6, 6.07) is 0. The number of rotatable bonds is 44. The van der Waals surface area contributed by atoms with Crippen molar-refractivity contribution < 1.29 is 19.1 Å². The van der Waals surface area contributed by atoms with Crippen LogP contribution in [-0.4, -0.2) is 67.7 Å². The number of nitrogens with zero attached hydrogens (tertiary/aromatic N) is 1. The Hall–Kier alpha value is -0.960. The number of esters is 2. The second-order valence-electron chi connectivity index (χ2n) is 15.1. The summed E-state index contributed by atoms with van der Waals surface area (Å²) in [7, 11) is 3.57. The molecule has 0 fully saturated rings. The van der Waals surface area contributed by atoms with E-state index in [-0.39, 0.29) is 11.9 Å². The lowest BCUT2D eigenvalue weighted by atomic mass is 10.1. The average Bonchev–Trinajstić information content (AvgIpc) is 3.17. The molecule has 0 bridgehead atoms. The van der Waals surface area contributed by atoms with E-state index >= 15 is 0 Å². The van der Waals surface area contributed by atoms with Crippen LogP contribution in [0.1, 0.15) is 206 Å². The molecule has 0 aromatic carbocycles. The third kappa shape index (κ3) is 43.8. The maximum absolute atomic E-state index is 12.5. The minimum absolute atomic E-state index is 0.138. The Labute approximate surface area is 343 Å². The molecule has 54 heavy (non-hydrogen) atoms. The molecule has 0 aliphatic carbocycles. The van der Waals surface area contributed by atoms with Crippen LogP contribution in [0, 0.1) is 0 Å². The number of allylic oxidation sites excluding steroid dienone is 4. The summed E-state index contributed by atoms with van der Waals surface area (Å²) in [4.78, 5) is 27.1. The molecule has 0 rings (SSSR count). The zero-order valence-electron chi connectivity index (χ0n) is 35.7. The molecule has 0 aromatic heterocycles. The number of unbranched alkanes of at least 4 members (excludes halogenated alkanes) is 24. The van der Waals surface area contributed by atoms with Crippen LogP contribution in [0.2, 0.25) is 0 Å². The van der Waals surface area contributed by atoms with E-state index in [4.69, 9.17) is 15.2 Å². The molecule has 8 heteroatoms. The van der Waals surface area contributed by atoms with Gasteiger partial charge < -0.3 is 20.1 Å². The van der Waals surface area contributed by atoms with Crippen LogP contribution in [0.3, 0.4) is 0 Å². The van der Waals surface area contributed by atoms with Crippen molar-refractivity contribution in [2.75, 3.05) is 50.9 Å². The van der Waals surface area contributed by atoms with E-state index in [1.165, 1.54) is 154 Å². The Morgan fingerprint density at radius 2 is 0.796 bits per heavy atom. The molecule has 0 saturated heterocycles. The maximum atomic E-state index is 12.5. The van der Waals surface area contributed by atoms with Crippen molar-refractivity contribution in [1.29, 1.82) is 0 Å². The van der Waals surface area contributed by atoms with Gasteiger partial charge in [0.05, 0.1) is 26.1 Å². The fourth-order valence-electron chi connectivity index (χ4n) is 6.38. The van der Waals surface area contributed by atoms with Gasteiger partial charge in [-0.3, -0.25) is 9.59 Å². The summed E-state index contributed by atoms with van der Waals surface area (Å²) in [5, 5.41) is 0. The molecule has 0 aliphatic rings. The molecule has 0 spiro atoms. The third-order valence-corrected chi connectivity index (χ3v) is 12.3. The number of ether oxygens (including phenoxy) is 2. The Morgan fingerprint density at radius 1 is 0.463 bits per heavy atom. The summed E-state index contributed by atoms with van der Waals surface area (Å²) < 4.78 is 11.1. The van der Waals surface area contributed by atoms with Crippen LogP contribution in [0.25, 0.3) is 0 Å². The van der Waals surface area contributed by atoms with E-state index in [2.05, 4.69) is 43.1 Å². The minimum atomic E-state index is -0.138. The summed E-state index contributed by atoms with van der Waals surface area (Å²) in [6.07, 6.45) is 45.7. The van der Waals surface area contributed by atoms with Crippen LogP contribution in [0.4, 0.5) is 0 Å². The number of carbonyl (C=O) groups excluding carboxylic acids is 2. The first-order valence-corrected chi connectivity index (χ1v) is 25.4. The van der Waals surface area contributed by atoms with E-state index in [9.17, 15) is 9.59 Å². The van der Waals surface area contributed by atoms with Crippen molar-refractivity contribution in [3.63, 3.8) is 0 Å². The molecule has 0 saturated carbocycles. The van der Waals surface area contributed by atoms with Crippen LogP contribution >= 0.6 is 21.6 Å². The smallest absolute Gasteiger partial charge is 0.307 e. The standard InChI is InChI=1S/C46H88N2O4S2/c1-3-5-7-9-11-13-15-17-19-21-23-25-27-29-31-33-41-51-45(49)35-38-48(40-44-54-53-43-37-47)39-36-46(50)52-42-34-32-30-28-26-24-22-20-18-16-14-12-10-8-6-4-2/h17-20H,3-16,21-44,47H2,1-2H3/b19-17-,20-18-. The second-order valence-corrected chi connectivity index (χ2v) is 17.8. The largest absolute Gasteiger partial charge is 0.466 e. The fourth-order valence-corrected chi connectivity index (χ4v) is 8.27. The molecule has 6 nitrogen and oxygen atoms in total. The van der Waals surface area contributed by atoms with Gasteiger partial charge in [0, 0.05) is 37.7 Å². The fraction of sp³-hybridized carbons (Fsp3) is 0.870. The van der Waals surface area contributed by atoms with Gasteiger partial charge in [-0.05, 0) is 64.2 Å². The first-order chi connectivity index (χ1) is 26.6. The second kappa shape index (κ2) is 46.4. The van der Waals surface area contributed by atoms with E-state index in [0.29, 0.717) is 45.7 Å². The van der Waals surface area contributed by atoms with Gasteiger partial charge in [-0.1, -0.05) is 175 Å². The lowest BCUT2D eigenvalue weighted by Crippen LogP contribution is -2.31. The van der Waals surface area contributed by atoms with Crippen LogP contribution in [0.15, 0.2) is 24.3 Å². The van der Waals surface area contributed by atoms with E-state index in [1.807, 2.05) is 0 Å². The third-order valence-electron chi connectivity index (χ3n) is 9.88. The van der Waals surface area contributed by atoms with Crippen molar-refractivity contribution in [2.45, 2.75) is 206 Å². The summed E-state index contributed by atoms with van der Waals surface area (Å²) in [5.41, 5.74) is 5.62. The van der Waals surface area contributed by atoms with E-state index in [1.54, 1.807) is 21.6 Å². The maximum Gasteiger partial charge on any atom is 0.307 e. The number of nitrogens with two attached hydrogens (primary N) is 1. The predicted molar refractivity (Wildman–Crippen MR) is 240 cm³/mol. The highest BCUT2D eigenvalue weighted by Crippen LogP contribution is 2.20. The van der Waals surface area contributed by atoms with Crippen molar-refractivity contribution in [3.05, 3.63) is 24.3 Å². The van der Waals surface area contributed by atoms with Gasteiger partial charge in [-0.25, -0.2) is 0 Å². The van der Waals surface area contributed by atoms with Crippen LogP contribution < -0.4 is 5.73 Å². The number of hydrogen-bond donors (Lipinski definition) is 1. The number of carbonyl (C=O) groups is 2. The normalized spacial score (nSPS) is 11.8. The summed E-state index contributed by atoms with van der Waals surface area (Å²) in [6.45, 7) is 8.28. The average molecular weight is 797 g/mol. The van der Waals surface area contributed by atoms with Gasteiger partial charge in [-0.15, -0.1) is 0 Å². The molecule has 0 aromatic rings. The predicted octanol–water partition coefficient (Wildman–Crippen LogP) is 13.6. The first kappa shape index (κ1) is 53.0. The zero-order valence-corrected chi connectivity index (χ0v) is 37.3. The quantitative estimate of drug-likeness (QED) is 0.0282. The Morgan fingerprint density at radius 3 is 1.17 bits per heavy atom. The molecule has 318 valence electrons. The van der Waals surface area contributed by atoms with Crippen molar-refractivity contribution >= 4 is 33.5 Å². The molecular formula is C46H88N2O4S2. The number of hydrogen-bond acceptors (Lipinski definition) is 8. The van der Waals surface area contributed by atoms with Gasteiger partial charge in [0.1, 0.15) is 0 Å². The highest BCUT2D eigenvalue weighted by atomic mass is 33.1. The van der Waals surface area contributed by atoms with Crippen LogP contribution in [0.5, 0.6) is 0 Å². The van der Waals surface area contributed by atoms with Gasteiger partial charge in [0.15, 0.2) is 0 Å². The first-order valence-electron chi connectivity index (χ1n) is 22.9. The van der Waals surface area contributed by atoms with Crippen molar-refractivity contribution in [1.82, 2.24) is 4.90 Å². The lowest BCUT2D eigenvalue weighted by Gasteiger charge is -2.21. The minimum Gasteiger partial charge on any atom is -0.466 e. The van der Waals surface area contributed by atoms with E-state index < -0.39 is 0 Å². The molecule has 0 heterocycles. The molecule has 0 radical (unpaired) electrons. The Bertz CT molecular complexity index is 782. The van der Waals surface area contributed by atoms with Crippen molar-refractivity contribution in [2.24, 2.45) is 5.73 Å². The Kier molecular flexibility index (Phi) is 45.6. The zero-order chi connectivity index (χ0) is 39.3. The molecule has 0 atom stereocenters. The van der Waals surface area contributed by atoms with Gasteiger partial charge in [0.2, 0.25) is 0 Å². The Balaban J connectivity index is 3.91.